The van der Waals surface area contributed by atoms with Crippen molar-refractivity contribution in [2.75, 3.05) is 51.7 Å². The van der Waals surface area contributed by atoms with Crippen molar-refractivity contribution >= 4 is 35.6 Å². The van der Waals surface area contributed by atoms with Crippen molar-refractivity contribution in [3.05, 3.63) is 48.4 Å². The van der Waals surface area contributed by atoms with Crippen LogP contribution in [0.15, 0.2) is 52.2 Å². The highest BCUT2D eigenvalue weighted by atomic mass is 127. The summed E-state index contributed by atoms with van der Waals surface area (Å²) in [5.41, 5.74) is 2.21. The van der Waals surface area contributed by atoms with Crippen molar-refractivity contribution in [3.8, 4) is 0 Å². The second-order valence-electron chi connectivity index (χ2n) is 6.98. The van der Waals surface area contributed by atoms with Crippen LogP contribution in [0.4, 0.5) is 5.69 Å². The quantitative estimate of drug-likeness (QED) is 0.376. The van der Waals surface area contributed by atoms with Crippen molar-refractivity contribution in [1.82, 2.24) is 20.3 Å². The number of aliphatic imine (C=N–C) groups is 1. The molecule has 7 nitrogen and oxygen atoms in total. The molecular formula is C20H31IN6O. The van der Waals surface area contributed by atoms with Gasteiger partial charge in [-0.2, -0.15) is 0 Å². The number of guanidine groups is 1. The van der Waals surface area contributed by atoms with E-state index in [9.17, 15) is 0 Å². The number of aromatic nitrogens is 1. The van der Waals surface area contributed by atoms with Crippen molar-refractivity contribution in [3.63, 3.8) is 0 Å². The van der Waals surface area contributed by atoms with Crippen LogP contribution in [0.3, 0.4) is 0 Å². The molecule has 3 rings (SSSR count). The van der Waals surface area contributed by atoms with Gasteiger partial charge in [0.2, 0.25) is 0 Å². The number of para-hydroxylation sites is 1. The molecule has 1 aliphatic heterocycles. The average Bonchev–Trinajstić information content (AvgIpc) is 3.22. The third kappa shape index (κ3) is 6.10. The van der Waals surface area contributed by atoms with Crippen LogP contribution in [0.2, 0.25) is 0 Å². The fraction of sp³-hybridized carbons (Fsp3) is 0.500. The molecule has 2 aromatic rings. The van der Waals surface area contributed by atoms with Gasteiger partial charge in [0.1, 0.15) is 6.26 Å². The van der Waals surface area contributed by atoms with E-state index < -0.39 is 0 Å². The van der Waals surface area contributed by atoms with Gasteiger partial charge in [-0.3, -0.25) is 9.89 Å². The fourth-order valence-corrected chi connectivity index (χ4v) is 3.29. The van der Waals surface area contributed by atoms with Crippen molar-refractivity contribution in [2.45, 2.75) is 19.5 Å². The summed E-state index contributed by atoms with van der Waals surface area (Å²) in [6.45, 7) is 7.82. The van der Waals surface area contributed by atoms with Gasteiger partial charge in [-0.1, -0.05) is 23.4 Å². The van der Waals surface area contributed by atoms with Crippen molar-refractivity contribution in [1.29, 1.82) is 0 Å². The van der Waals surface area contributed by atoms with Gasteiger partial charge in [-0.15, -0.1) is 24.0 Å². The number of anilines is 1. The second-order valence-corrected chi connectivity index (χ2v) is 6.98. The molecule has 154 valence electrons. The molecule has 1 aromatic heterocycles. The molecule has 1 aliphatic rings. The zero-order valence-electron chi connectivity index (χ0n) is 16.9. The van der Waals surface area contributed by atoms with Gasteiger partial charge in [0.25, 0.3) is 0 Å². The summed E-state index contributed by atoms with van der Waals surface area (Å²) < 4.78 is 4.92. The monoisotopic (exact) mass is 498 g/mol. The summed E-state index contributed by atoms with van der Waals surface area (Å²) in [6, 6.07) is 12.8. The lowest BCUT2D eigenvalue weighted by Crippen LogP contribution is -2.53. The SMILES string of the molecule is CN=C(NCC(C)N(C)c1ccccc1)N1CCN(Cc2ccon2)CC1.I. The molecule has 1 aromatic carbocycles. The van der Waals surface area contributed by atoms with E-state index in [-0.39, 0.29) is 24.0 Å². The lowest BCUT2D eigenvalue weighted by molar-refractivity contribution is 0.169. The molecule has 2 heterocycles. The van der Waals surface area contributed by atoms with Crippen LogP contribution in [-0.2, 0) is 6.54 Å². The lowest BCUT2D eigenvalue weighted by Gasteiger charge is -2.37. The molecule has 0 spiro atoms. The van der Waals surface area contributed by atoms with Crippen LogP contribution in [0.1, 0.15) is 12.6 Å². The van der Waals surface area contributed by atoms with Crippen LogP contribution < -0.4 is 10.2 Å². The largest absolute Gasteiger partial charge is 0.370 e. The zero-order valence-corrected chi connectivity index (χ0v) is 19.2. The molecule has 1 unspecified atom stereocenters. The molecule has 0 aliphatic carbocycles. The molecule has 8 heteroatoms. The van der Waals surface area contributed by atoms with Gasteiger partial charge >= 0.3 is 0 Å². The average molecular weight is 498 g/mol. The Labute approximate surface area is 184 Å². The maximum atomic E-state index is 4.92. The number of nitrogens with one attached hydrogen (secondary N) is 1. The Balaban J connectivity index is 0.00000280. The van der Waals surface area contributed by atoms with Crippen LogP contribution in [0, 0.1) is 0 Å². The van der Waals surface area contributed by atoms with E-state index in [0.29, 0.717) is 6.04 Å². The van der Waals surface area contributed by atoms with E-state index in [4.69, 9.17) is 4.52 Å². The van der Waals surface area contributed by atoms with Gasteiger partial charge in [0, 0.05) is 71.2 Å². The lowest BCUT2D eigenvalue weighted by atomic mass is 10.2. The molecule has 28 heavy (non-hydrogen) atoms. The summed E-state index contributed by atoms with van der Waals surface area (Å²) in [6.07, 6.45) is 1.63. The van der Waals surface area contributed by atoms with E-state index in [1.54, 1.807) is 6.26 Å². The molecule has 0 saturated carbocycles. The molecule has 1 saturated heterocycles. The van der Waals surface area contributed by atoms with Crippen LogP contribution in [-0.4, -0.2) is 73.8 Å². The number of benzene rings is 1. The van der Waals surface area contributed by atoms with Gasteiger partial charge in [0.15, 0.2) is 5.96 Å². The Kier molecular flexibility index (Phi) is 9.04. The molecular weight excluding hydrogens is 467 g/mol. The number of rotatable bonds is 6. The fourth-order valence-electron chi connectivity index (χ4n) is 3.29. The number of nitrogens with zero attached hydrogens (tertiary/aromatic N) is 5. The van der Waals surface area contributed by atoms with E-state index in [1.165, 1.54) is 5.69 Å². The topological polar surface area (TPSA) is 60.1 Å². The molecule has 1 atom stereocenters. The number of halogens is 1. The maximum Gasteiger partial charge on any atom is 0.193 e. The normalized spacial score (nSPS) is 16.4. The molecule has 0 amide bonds. The highest BCUT2D eigenvalue weighted by molar-refractivity contribution is 14.0. The van der Waals surface area contributed by atoms with Crippen molar-refractivity contribution < 1.29 is 4.52 Å². The molecule has 0 bridgehead atoms. The Morgan fingerprint density at radius 1 is 1.21 bits per heavy atom. The molecule has 0 radical (unpaired) electrons. The standard InChI is InChI=1S/C20H30N6O.HI/c1-17(24(3)19-7-5-4-6-8-19)15-22-20(21-2)26-12-10-25(11-13-26)16-18-9-14-27-23-18;/h4-9,14,17H,10-13,15-16H2,1-3H3,(H,21,22);1H. The van der Waals surface area contributed by atoms with Gasteiger partial charge in [-0.05, 0) is 19.1 Å². The Morgan fingerprint density at radius 2 is 1.93 bits per heavy atom. The summed E-state index contributed by atoms with van der Waals surface area (Å²) in [5, 5.41) is 7.54. The maximum absolute atomic E-state index is 4.92. The Hall–Kier alpha value is -1.81. The third-order valence-corrected chi connectivity index (χ3v) is 5.14. The molecule has 1 N–H and O–H groups in total. The number of likely N-dealkylation sites (N-methyl/N-ethyl adjacent to an activating group) is 1. The Morgan fingerprint density at radius 3 is 2.54 bits per heavy atom. The van der Waals surface area contributed by atoms with Crippen molar-refractivity contribution in [2.24, 2.45) is 4.99 Å². The minimum absolute atomic E-state index is 0. The van der Waals surface area contributed by atoms with E-state index in [2.05, 4.69) is 68.4 Å². The first kappa shape index (κ1) is 22.5. The summed E-state index contributed by atoms with van der Waals surface area (Å²) in [7, 11) is 3.99. The predicted octanol–water partition coefficient (Wildman–Crippen LogP) is 2.51. The number of hydrogen-bond acceptors (Lipinski definition) is 5. The van der Waals surface area contributed by atoms with Crippen LogP contribution in [0.5, 0.6) is 0 Å². The van der Waals surface area contributed by atoms with E-state index >= 15 is 0 Å². The smallest absolute Gasteiger partial charge is 0.193 e. The molecule has 1 fully saturated rings. The first-order valence-electron chi connectivity index (χ1n) is 9.52. The summed E-state index contributed by atoms with van der Waals surface area (Å²) >= 11 is 0. The Bertz CT molecular complexity index is 701. The predicted molar refractivity (Wildman–Crippen MR) is 124 cm³/mol. The summed E-state index contributed by atoms with van der Waals surface area (Å²) in [5.74, 6) is 0.976. The number of piperazine rings is 1. The van der Waals surface area contributed by atoms with E-state index in [1.807, 2.05) is 19.2 Å². The van der Waals surface area contributed by atoms with Gasteiger partial charge < -0.3 is 19.6 Å². The van der Waals surface area contributed by atoms with Crippen LogP contribution >= 0.6 is 24.0 Å². The second kappa shape index (κ2) is 11.3. The minimum Gasteiger partial charge on any atom is -0.370 e. The highest BCUT2D eigenvalue weighted by Crippen LogP contribution is 2.14. The highest BCUT2D eigenvalue weighted by Gasteiger charge is 2.21. The minimum atomic E-state index is 0. The van der Waals surface area contributed by atoms with Gasteiger partial charge in [-0.25, -0.2) is 0 Å². The summed E-state index contributed by atoms with van der Waals surface area (Å²) in [4.78, 5) is 11.5. The van der Waals surface area contributed by atoms with E-state index in [0.717, 1.165) is 50.9 Å². The van der Waals surface area contributed by atoms with Crippen LogP contribution in [0.25, 0.3) is 0 Å². The van der Waals surface area contributed by atoms with Gasteiger partial charge in [0.05, 0.1) is 5.69 Å². The zero-order chi connectivity index (χ0) is 19.1. The third-order valence-electron chi connectivity index (χ3n) is 5.14. The number of hydrogen-bond donors (Lipinski definition) is 1. The first-order chi connectivity index (χ1) is 13.2. The first-order valence-corrected chi connectivity index (χ1v) is 9.52.